The van der Waals surface area contributed by atoms with Gasteiger partial charge in [0.2, 0.25) is 11.8 Å². The summed E-state index contributed by atoms with van der Waals surface area (Å²) in [4.78, 5) is 37.2. The van der Waals surface area contributed by atoms with Crippen molar-refractivity contribution in [2.45, 2.75) is 13.8 Å². The number of hydrogen-bond acceptors (Lipinski definition) is 8. The van der Waals surface area contributed by atoms with E-state index < -0.39 is 4.92 Å². The molecule has 0 radical (unpaired) electrons. The SMILES string of the molecule is CCOc1ccc(-c2cn(C)c3cc(NC(=O)c4ccc(C)c(Nc5nccc(-c6ccc([N+](=O)[O-])cc6)n5)c4)ccc23)cn1. The molecule has 0 fully saturated rings. The van der Waals surface area contributed by atoms with E-state index in [1.807, 2.05) is 68.1 Å². The Labute approximate surface area is 258 Å². The summed E-state index contributed by atoms with van der Waals surface area (Å²) < 4.78 is 7.49. The molecule has 11 nitrogen and oxygen atoms in total. The van der Waals surface area contributed by atoms with Crippen molar-refractivity contribution in [2.75, 3.05) is 17.2 Å². The third kappa shape index (κ3) is 6.18. The summed E-state index contributed by atoms with van der Waals surface area (Å²) in [5, 5.41) is 18.3. The summed E-state index contributed by atoms with van der Waals surface area (Å²) in [6.45, 7) is 4.40. The average molecular weight is 600 g/mol. The first-order chi connectivity index (χ1) is 21.8. The summed E-state index contributed by atoms with van der Waals surface area (Å²) in [5.41, 5.74) is 7.01. The van der Waals surface area contributed by atoms with E-state index in [0.717, 1.165) is 27.6 Å². The second-order valence-electron chi connectivity index (χ2n) is 10.4. The molecule has 0 aliphatic rings. The lowest BCUT2D eigenvalue weighted by Crippen LogP contribution is -2.12. The van der Waals surface area contributed by atoms with E-state index in [2.05, 4.69) is 25.6 Å². The Bertz CT molecular complexity index is 2040. The molecule has 11 heteroatoms. The molecule has 0 bridgehead atoms. The van der Waals surface area contributed by atoms with Gasteiger partial charge in [0, 0.05) is 82.9 Å². The van der Waals surface area contributed by atoms with Gasteiger partial charge in [0.1, 0.15) is 0 Å². The zero-order valence-electron chi connectivity index (χ0n) is 24.8. The third-order valence-corrected chi connectivity index (χ3v) is 7.36. The van der Waals surface area contributed by atoms with E-state index in [-0.39, 0.29) is 11.6 Å². The Kier molecular flexibility index (Phi) is 7.89. The van der Waals surface area contributed by atoms with Gasteiger partial charge in [-0.25, -0.2) is 15.0 Å². The molecule has 224 valence electrons. The minimum absolute atomic E-state index is 0.00618. The number of nitro benzene ring substituents is 1. The molecule has 6 aromatic rings. The summed E-state index contributed by atoms with van der Waals surface area (Å²) in [5.74, 6) is 0.659. The van der Waals surface area contributed by atoms with Gasteiger partial charge in [-0.05, 0) is 67.9 Å². The van der Waals surface area contributed by atoms with Crippen molar-refractivity contribution in [1.82, 2.24) is 19.5 Å². The van der Waals surface area contributed by atoms with E-state index in [1.165, 1.54) is 12.1 Å². The van der Waals surface area contributed by atoms with Crippen LogP contribution in [0.1, 0.15) is 22.8 Å². The highest BCUT2D eigenvalue weighted by Crippen LogP contribution is 2.32. The molecule has 0 unspecified atom stereocenters. The maximum atomic E-state index is 13.3. The molecular formula is C34H29N7O4. The molecule has 3 aromatic carbocycles. The smallest absolute Gasteiger partial charge is 0.269 e. The number of aromatic nitrogens is 4. The predicted molar refractivity (Wildman–Crippen MR) is 174 cm³/mol. The fraction of sp³-hybridized carbons (Fsp3) is 0.118. The largest absolute Gasteiger partial charge is 0.478 e. The van der Waals surface area contributed by atoms with Crippen LogP contribution >= 0.6 is 0 Å². The zero-order valence-corrected chi connectivity index (χ0v) is 24.8. The standard InChI is InChI=1S/C34H29N7O4/c1-4-45-32-14-9-24(19-36-32)28-20-40(3)31-18-25(10-13-27(28)31)37-33(42)23-6-5-21(2)30(17-23)39-34-35-16-15-29(38-34)22-7-11-26(12-8-22)41(43)44/h5-20H,4H2,1-3H3,(H,37,42)(H,35,38,39). The van der Waals surface area contributed by atoms with Gasteiger partial charge in [0.05, 0.1) is 22.7 Å². The first kappa shape index (κ1) is 29.0. The number of rotatable bonds is 9. The predicted octanol–water partition coefficient (Wildman–Crippen LogP) is 7.31. The molecule has 0 atom stereocenters. The van der Waals surface area contributed by atoms with Gasteiger partial charge in [0.15, 0.2) is 0 Å². The molecule has 0 saturated carbocycles. The molecule has 3 aromatic heterocycles. The van der Waals surface area contributed by atoms with Gasteiger partial charge in [-0.2, -0.15) is 0 Å². The van der Waals surface area contributed by atoms with Gasteiger partial charge in [-0.3, -0.25) is 14.9 Å². The highest BCUT2D eigenvalue weighted by atomic mass is 16.6. The lowest BCUT2D eigenvalue weighted by molar-refractivity contribution is -0.384. The number of carbonyl (C=O) groups excluding carboxylic acids is 1. The zero-order chi connectivity index (χ0) is 31.5. The lowest BCUT2D eigenvalue weighted by atomic mass is 10.1. The van der Waals surface area contributed by atoms with E-state index in [0.29, 0.717) is 46.6 Å². The number of aryl methyl sites for hydroxylation is 2. The van der Waals surface area contributed by atoms with Crippen LogP contribution in [0.15, 0.2) is 97.5 Å². The number of hydrogen-bond donors (Lipinski definition) is 2. The van der Waals surface area contributed by atoms with Gasteiger partial charge >= 0.3 is 0 Å². The minimum atomic E-state index is -0.443. The Morgan fingerprint density at radius 1 is 0.978 bits per heavy atom. The van der Waals surface area contributed by atoms with Crippen LogP contribution in [-0.4, -0.2) is 37.0 Å². The monoisotopic (exact) mass is 599 g/mol. The summed E-state index contributed by atoms with van der Waals surface area (Å²) in [6, 6.07) is 22.9. The number of anilines is 3. The van der Waals surface area contributed by atoms with Gasteiger partial charge < -0.3 is 19.9 Å². The Hall–Kier alpha value is -6.10. The number of nitrogens with zero attached hydrogens (tertiary/aromatic N) is 5. The van der Waals surface area contributed by atoms with Crippen LogP contribution < -0.4 is 15.4 Å². The van der Waals surface area contributed by atoms with Crippen LogP contribution in [0.4, 0.5) is 23.0 Å². The van der Waals surface area contributed by atoms with Crippen molar-refractivity contribution < 1.29 is 14.5 Å². The van der Waals surface area contributed by atoms with Crippen molar-refractivity contribution >= 4 is 39.8 Å². The number of non-ortho nitro benzene ring substituents is 1. The number of nitrogens with one attached hydrogen (secondary N) is 2. The van der Waals surface area contributed by atoms with Crippen LogP contribution in [0.5, 0.6) is 5.88 Å². The van der Waals surface area contributed by atoms with Crippen molar-refractivity contribution in [1.29, 1.82) is 0 Å². The topological polar surface area (TPSA) is 137 Å². The highest BCUT2D eigenvalue weighted by Gasteiger charge is 2.14. The molecule has 6 rings (SSSR count). The van der Waals surface area contributed by atoms with Crippen molar-refractivity contribution in [3.63, 3.8) is 0 Å². The number of nitro groups is 1. The second kappa shape index (κ2) is 12.3. The Balaban J connectivity index is 1.19. The second-order valence-corrected chi connectivity index (χ2v) is 10.4. The van der Waals surface area contributed by atoms with Crippen molar-refractivity contribution in [3.8, 4) is 28.3 Å². The summed E-state index contributed by atoms with van der Waals surface area (Å²) >= 11 is 0. The first-order valence-corrected chi connectivity index (χ1v) is 14.2. The molecule has 45 heavy (non-hydrogen) atoms. The number of pyridine rings is 1. The maximum absolute atomic E-state index is 13.3. The van der Waals surface area contributed by atoms with Gasteiger partial charge in [0.25, 0.3) is 11.6 Å². The number of ether oxygens (including phenoxy) is 1. The lowest BCUT2D eigenvalue weighted by Gasteiger charge is -2.12. The normalized spacial score (nSPS) is 10.9. The molecule has 3 heterocycles. The number of fused-ring (bicyclic) bond motifs is 1. The fourth-order valence-electron chi connectivity index (χ4n) is 5.02. The van der Waals surface area contributed by atoms with E-state index >= 15 is 0 Å². The molecular weight excluding hydrogens is 570 g/mol. The Morgan fingerprint density at radius 2 is 1.78 bits per heavy atom. The maximum Gasteiger partial charge on any atom is 0.269 e. The van der Waals surface area contributed by atoms with Crippen molar-refractivity contribution in [3.05, 3.63) is 119 Å². The minimum Gasteiger partial charge on any atom is -0.478 e. The number of amides is 1. The first-order valence-electron chi connectivity index (χ1n) is 14.2. The fourth-order valence-corrected chi connectivity index (χ4v) is 5.02. The van der Waals surface area contributed by atoms with Crippen LogP contribution in [-0.2, 0) is 7.05 Å². The third-order valence-electron chi connectivity index (χ3n) is 7.36. The number of carbonyl (C=O) groups is 1. The van der Waals surface area contributed by atoms with Crippen LogP contribution in [0.25, 0.3) is 33.3 Å². The van der Waals surface area contributed by atoms with Gasteiger partial charge in [-0.15, -0.1) is 0 Å². The highest BCUT2D eigenvalue weighted by molar-refractivity contribution is 6.06. The van der Waals surface area contributed by atoms with E-state index in [4.69, 9.17) is 4.74 Å². The quantitative estimate of drug-likeness (QED) is 0.130. The van der Waals surface area contributed by atoms with Crippen LogP contribution in [0, 0.1) is 17.0 Å². The number of benzene rings is 3. The molecule has 2 N–H and O–H groups in total. The average Bonchev–Trinajstić information content (AvgIpc) is 3.38. The molecule has 1 amide bonds. The van der Waals surface area contributed by atoms with E-state index in [9.17, 15) is 14.9 Å². The van der Waals surface area contributed by atoms with Gasteiger partial charge in [-0.1, -0.05) is 12.1 Å². The molecule has 0 saturated heterocycles. The summed E-state index contributed by atoms with van der Waals surface area (Å²) in [7, 11) is 1.97. The van der Waals surface area contributed by atoms with Crippen LogP contribution in [0.3, 0.4) is 0 Å². The van der Waals surface area contributed by atoms with Crippen molar-refractivity contribution in [2.24, 2.45) is 7.05 Å². The molecule has 0 spiro atoms. The summed E-state index contributed by atoms with van der Waals surface area (Å²) in [6.07, 6.45) is 5.45. The van der Waals surface area contributed by atoms with Crippen LogP contribution in [0.2, 0.25) is 0 Å². The molecule has 0 aliphatic carbocycles. The Morgan fingerprint density at radius 3 is 2.51 bits per heavy atom. The molecule has 0 aliphatic heterocycles. The van der Waals surface area contributed by atoms with E-state index in [1.54, 1.807) is 42.7 Å².